The fraction of sp³-hybridized carbons (Fsp3) is 0. The average Bonchev–Trinajstić information content (AvgIpc) is 2.43. The lowest BCUT2D eigenvalue weighted by Crippen LogP contribution is -2.28. The monoisotopic (exact) mass is 266 g/mol. The van der Waals surface area contributed by atoms with Crippen LogP contribution in [0.15, 0.2) is 48.2 Å². The minimum Gasteiger partial charge on any atom is -0.508 e. The Labute approximate surface area is 114 Å². The molecule has 0 radical (unpaired) electrons. The Bertz CT molecular complexity index is 750. The predicted molar refractivity (Wildman–Crippen MR) is 73.3 cm³/mol. The second kappa shape index (κ2) is 4.62. The highest BCUT2D eigenvalue weighted by Gasteiger charge is 2.28. The van der Waals surface area contributed by atoms with E-state index in [1.54, 1.807) is 24.3 Å². The van der Waals surface area contributed by atoms with Crippen molar-refractivity contribution in [3.05, 3.63) is 59.3 Å². The van der Waals surface area contributed by atoms with E-state index in [-0.39, 0.29) is 22.9 Å². The Kier molecular flexibility index (Phi) is 2.80. The van der Waals surface area contributed by atoms with Crippen molar-refractivity contribution >= 4 is 23.6 Å². The summed E-state index contributed by atoms with van der Waals surface area (Å²) in [6, 6.07) is 9.59. The molecule has 2 N–H and O–H groups in total. The van der Waals surface area contributed by atoms with E-state index in [0.717, 1.165) is 0 Å². The minimum absolute atomic E-state index is 0.0242. The molecule has 0 unspecified atom stereocenters. The first-order chi connectivity index (χ1) is 9.65. The van der Waals surface area contributed by atoms with Crippen molar-refractivity contribution in [1.82, 2.24) is 4.98 Å². The normalized spacial score (nSPS) is 15.9. The van der Waals surface area contributed by atoms with Crippen LogP contribution >= 0.6 is 0 Å². The number of amides is 1. The molecular weight excluding hydrogens is 256 g/mol. The fourth-order valence-electron chi connectivity index (χ4n) is 2.02. The van der Waals surface area contributed by atoms with Gasteiger partial charge in [0.2, 0.25) is 5.78 Å². The van der Waals surface area contributed by atoms with Crippen molar-refractivity contribution in [2.45, 2.75) is 0 Å². The first-order valence-electron chi connectivity index (χ1n) is 5.97. The second-order valence-electron chi connectivity index (χ2n) is 4.34. The number of aromatic nitrogens is 1. The number of carbonyl (C=O) groups is 2. The van der Waals surface area contributed by atoms with E-state index < -0.39 is 5.91 Å². The van der Waals surface area contributed by atoms with Crippen LogP contribution in [0.4, 0.5) is 5.82 Å². The van der Waals surface area contributed by atoms with Gasteiger partial charge in [0.25, 0.3) is 5.91 Å². The van der Waals surface area contributed by atoms with E-state index in [9.17, 15) is 14.7 Å². The SMILES string of the molecule is O=C1Nc2ncccc2C(=O)C1=Cc1cccc(O)c1. The number of nitrogens with zero attached hydrogens (tertiary/aromatic N) is 1. The van der Waals surface area contributed by atoms with Gasteiger partial charge < -0.3 is 10.4 Å². The van der Waals surface area contributed by atoms with Crippen LogP contribution in [0.3, 0.4) is 0 Å². The lowest BCUT2D eigenvalue weighted by atomic mass is 9.97. The Morgan fingerprint density at radius 1 is 1.15 bits per heavy atom. The molecule has 1 aromatic carbocycles. The summed E-state index contributed by atoms with van der Waals surface area (Å²) in [5.41, 5.74) is 0.963. The van der Waals surface area contributed by atoms with Crippen LogP contribution in [-0.4, -0.2) is 21.8 Å². The van der Waals surface area contributed by atoms with Gasteiger partial charge in [0, 0.05) is 6.20 Å². The summed E-state index contributed by atoms with van der Waals surface area (Å²) in [5, 5.41) is 12.0. The quantitative estimate of drug-likeness (QED) is 0.611. The van der Waals surface area contributed by atoms with Gasteiger partial charge in [-0.15, -0.1) is 0 Å². The first-order valence-corrected chi connectivity index (χ1v) is 5.97. The number of rotatable bonds is 1. The summed E-state index contributed by atoms with van der Waals surface area (Å²) >= 11 is 0. The molecule has 20 heavy (non-hydrogen) atoms. The third kappa shape index (κ3) is 2.05. The third-order valence-electron chi connectivity index (χ3n) is 2.95. The molecule has 3 rings (SSSR count). The number of pyridine rings is 1. The third-order valence-corrected chi connectivity index (χ3v) is 2.95. The van der Waals surface area contributed by atoms with Gasteiger partial charge in [-0.05, 0) is 35.9 Å². The zero-order valence-electron chi connectivity index (χ0n) is 10.3. The number of carbonyl (C=O) groups excluding carboxylic acids is 2. The molecular formula is C15H10N2O3. The van der Waals surface area contributed by atoms with Crippen LogP contribution in [0.25, 0.3) is 6.08 Å². The number of Topliss-reactive ketones (excluding diaryl/α,β-unsaturated/α-hetero) is 1. The highest BCUT2D eigenvalue weighted by atomic mass is 16.3. The Hall–Kier alpha value is -2.95. The summed E-state index contributed by atoms with van der Waals surface area (Å²) in [6.45, 7) is 0. The van der Waals surface area contributed by atoms with E-state index in [1.807, 2.05) is 0 Å². The molecule has 0 saturated heterocycles. The summed E-state index contributed by atoms with van der Waals surface area (Å²) in [6.07, 6.45) is 2.96. The lowest BCUT2D eigenvalue weighted by molar-refractivity contribution is -0.112. The van der Waals surface area contributed by atoms with Gasteiger partial charge >= 0.3 is 0 Å². The largest absolute Gasteiger partial charge is 0.508 e. The molecule has 2 heterocycles. The number of hydrogen-bond donors (Lipinski definition) is 2. The topological polar surface area (TPSA) is 79.3 Å². The Balaban J connectivity index is 2.07. The van der Waals surface area contributed by atoms with Gasteiger partial charge in [0.05, 0.1) is 11.1 Å². The summed E-state index contributed by atoms with van der Waals surface area (Å²) < 4.78 is 0. The molecule has 0 saturated carbocycles. The van der Waals surface area contributed by atoms with E-state index >= 15 is 0 Å². The number of phenolic OH excluding ortho intramolecular Hbond substituents is 1. The maximum absolute atomic E-state index is 12.3. The van der Waals surface area contributed by atoms with Gasteiger partial charge in [-0.1, -0.05) is 12.1 Å². The maximum Gasteiger partial charge on any atom is 0.260 e. The minimum atomic E-state index is -0.496. The number of phenols is 1. The predicted octanol–water partition coefficient (Wildman–Crippen LogP) is 2.01. The van der Waals surface area contributed by atoms with Crippen LogP contribution < -0.4 is 5.32 Å². The van der Waals surface area contributed by atoms with Crippen molar-refractivity contribution in [1.29, 1.82) is 0 Å². The van der Waals surface area contributed by atoms with Gasteiger partial charge in [-0.25, -0.2) is 4.98 Å². The maximum atomic E-state index is 12.3. The summed E-state index contributed by atoms with van der Waals surface area (Å²) in [4.78, 5) is 28.2. The molecule has 2 aromatic rings. The molecule has 1 aliphatic rings. The molecule has 0 atom stereocenters. The number of benzene rings is 1. The van der Waals surface area contributed by atoms with Gasteiger partial charge in [-0.3, -0.25) is 9.59 Å². The van der Waals surface area contributed by atoms with Crippen molar-refractivity contribution in [2.24, 2.45) is 0 Å². The van der Waals surface area contributed by atoms with Crippen LogP contribution in [0.5, 0.6) is 5.75 Å². The molecule has 5 nitrogen and oxygen atoms in total. The van der Waals surface area contributed by atoms with E-state index in [0.29, 0.717) is 11.1 Å². The second-order valence-corrected chi connectivity index (χ2v) is 4.34. The highest BCUT2D eigenvalue weighted by Crippen LogP contribution is 2.24. The smallest absolute Gasteiger partial charge is 0.260 e. The Morgan fingerprint density at radius 3 is 2.80 bits per heavy atom. The average molecular weight is 266 g/mol. The Morgan fingerprint density at radius 2 is 2.00 bits per heavy atom. The van der Waals surface area contributed by atoms with Crippen LogP contribution in [0.2, 0.25) is 0 Å². The van der Waals surface area contributed by atoms with Crippen LogP contribution in [0, 0.1) is 0 Å². The van der Waals surface area contributed by atoms with E-state index in [4.69, 9.17) is 0 Å². The summed E-state index contributed by atoms with van der Waals surface area (Å²) in [5.74, 6) is -0.523. The molecule has 1 aromatic heterocycles. The lowest BCUT2D eigenvalue weighted by Gasteiger charge is -2.16. The molecule has 0 bridgehead atoms. The highest BCUT2D eigenvalue weighted by molar-refractivity contribution is 6.35. The van der Waals surface area contributed by atoms with Crippen molar-refractivity contribution < 1.29 is 14.7 Å². The molecule has 0 aliphatic carbocycles. The zero-order chi connectivity index (χ0) is 14.1. The number of aromatic hydroxyl groups is 1. The van der Waals surface area contributed by atoms with Crippen molar-refractivity contribution in [3.8, 4) is 5.75 Å². The van der Waals surface area contributed by atoms with E-state index in [2.05, 4.69) is 10.3 Å². The van der Waals surface area contributed by atoms with E-state index in [1.165, 1.54) is 24.4 Å². The van der Waals surface area contributed by atoms with Crippen LogP contribution in [-0.2, 0) is 4.79 Å². The number of fused-ring (bicyclic) bond motifs is 1. The van der Waals surface area contributed by atoms with Crippen LogP contribution in [0.1, 0.15) is 15.9 Å². The summed E-state index contributed by atoms with van der Waals surface area (Å²) in [7, 11) is 0. The van der Waals surface area contributed by atoms with Gasteiger partial charge in [0.15, 0.2) is 0 Å². The number of anilines is 1. The van der Waals surface area contributed by atoms with Crippen molar-refractivity contribution in [3.63, 3.8) is 0 Å². The molecule has 0 fully saturated rings. The molecule has 1 aliphatic heterocycles. The fourth-order valence-corrected chi connectivity index (χ4v) is 2.02. The van der Waals surface area contributed by atoms with Gasteiger partial charge in [-0.2, -0.15) is 0 Å². The number of hydrogen-bond acceptors (Lipinski definition) is 4. The molecule has 5 heteroatoms. The molecule has 0 spiro atoms. The van der Waals surface area contributed by atoms with Gasteiger partial charge in [0.1, 0.15) is 11.6 Å². The standard InChI is InChI=1S/C15H10N2O3/c18-10-4-1-3-9(7-10)8-12-13(19)11-5-2-6-16-14(11)17-15(12)20/h1-8,18H,(H,16,17,20). The number of nitrogens with one attached hydrogen (secondary N) is 1. The zero-order valence-corrected chi connectivity index (χ0v) is 10.3. The molecule has 98 valence electrons. The molecule has 1 amide bonds. The van der Waals surface area contributed by atoms with Crippen molar-refractivity contribution in [2.75, 3.05) is 5.32 Å². The number of ketones is 1. The first kappa shape index (κ1) is 12.1.